The SMILES string of the molecule is Cl.N#Cc1ccccc1.N#Cc1ccccc1.[Pt]. The van der Waals surface area contributed by atoms with Crippen LogP contribution < -0.4 is 0 Å². The van der Waals surface area contributed by atoms with Crippen molar-refractivity contribution in [3.05, 3.63) is 71.8 Å². The van der Waals surface area contributed by atoms with Crippen molar-refractivity contribution in [1.29, 1.82) is 10.5 Å². The number of benzene rings is 2. The van der Waals surface area contributed by atoms with E-state index in [0.29, 0.717) is 11.1 Å². The van der Waals surface area contributed by atoms with Gasteiger partial charge in [-0.15, -0.1) is 12.4 Å². The molecule has 0 spiro atoms. The van der Waals surface area contributed by atoms with E-state index in [0.717, 1.165) is 0 Å². The zero-order chi connectivity index (χ0) is 11.6. The minimum Gasteiger partial charge on any atom is -0.192 e. The largest absolute Gasteiger partial charge is 0.192 e. The van der Waals surface area contributed by atoms with Crippen LogP contribution in [-0.4, -0.2) is 0 Å². The van der Waals surface area contributed by atoms with E-state index in [-0.39, 0.29) is 33.5 Å². The van der Waals surface area contributed by atoms with Crippen LogP contribution in [0.3, 0.4) is 0 Å². The molecule has 0 aliphatic rings. The molecule has 0 unspecified atom stereocenters. The summed E-state index contributed by atoms with van der Waals surface area (Å²) in [7, 11) is 0. The van der Waals surface area contributed by atoms with E-state index < -0.39 is 0 Å². The first-order valence-corrected chi connectivity index (χ1v) is 4.77. The van der Waals surface area contributed by atoms with E-state index in [1.165, 1.54) is 0 Å². The third-order valence-electron chi connectivity index (χ3n) is 1.81. The molecule has 0 fully saturated rings. The van der Waals surface area contributed by atoms with E-state index >= 15 is 0 Å². The second-order valence-electron chi connectivity index (χ2n) is 2.96. The first-order chi connectivity index (χ1) is 7.86. The summed E-state index contributed by atoms with van der Waals surface area (Å²) in [4.78, 5) is 0. The molecule has 2 nitrogen and oxygen atoms in total. The van der Waals surface area contributed by atoms with Gasteiger partial charge in [0.15, 0.2) is 0 Å². The second-order valence-corrected chi connectivity index (χ2v) is 2.96. The number of nitriles is 2. The van der Waals surface area contributed by atoms with E-state index in [4.69, 9.17) is 10.5 Å². The second kappa shape index (κ2) is 11.9. The minimum atomic E-state index is 0. The molecule has 94 valence electrons. The molecule has 0 atom stereocenters. The summed E-state index contributed by atoms with van der Waals surface area (Å²) in [6.07, 6.45) is 0. The number of hydrogen-bond donors (Lipinski definition) is 0. The molecular weight excluding hydrogens is 427 g/mol. The monoisotopic (exact) mass is 437 g/mol. The normalized spacial score (nSPS) is 7.00. The molecule has 0 aromatic heterocycles. The Hall–Kier alpha value is -1.60. The molecule has 0 saturated heterocycles. The Labute approximate surface area is 128 Å². The maximum atomic E-state index is 8.29. The molecule has 0 heterocycles. The predicted molar refractivity (Wildman–Crippen MR) is 69.6 cm³/mol. The number of hydrogen-bond acceptors (Lipinski definition) is 2. The van der Waals surface area contributed by atoms with Crippen LogP contribution >= 0.6 is 12.4 Å². The molecule has 0 bridgehead atoms. The van der Waals surface area contributed by atoms with Crippen molar-refractivity contribution in [3.63, 3.8) is 0 Å². The van der Waals surface area contributed by atoms with E-state index in [2.05, 4.69) is 0 Å². The van der Waals surface area contributed by atoms with Gasteiger partial charge in [0.05, 0.1) is 23.3 Å². The molecular formula is C14H11ClN2Pt. The van der Waals surface area contributed by atoms with Crippen molar-refractivity contribution in [3.8, 4) is 12.1 Å². The number of nitrogens with zero attached hydrogens (tertiary/aromatic N) is 2. The van der Waals surface area contributed by atoms with E-state index in [1.807, 2.05) is 48.5 Å². The van der Waals surface area contributed by atoms with Crippen molar-refractivity contribution < 1.29 is 21.1 Å². The summed E-state index contributed by atoms with van der Waals surface area (Å²) in [6.45, 7) is 0. The van der Waals surface area contributed by atoms with Gasteiger partial charge in [0.1, 0.15) is 0 Å². The molecule has 0 aliphatic heterocycles. The van der Waals surface area contributed by atoms with E-state index in [1.54, 1.807) is 24.3 Å². The van der Waals surface area contributed by atoms with Gasteiger partial charge in [0.2, 0.25) is 0 Å². The van der Waals surface area contributed by atoms with Gasteiger partial charge < -0.3 is 0 Å². The molecule has 2 rings (SSSR count). The van der Waals surface area contributed by atoms with Crippen LogP contribution in [0.1, 0.15) is 11.1 Å². The van der Waals surface area contributed by atoms with Crippen LogP contribution in [0.5, 0.6) is 0 Å². The number of halogens is 1. The predicted octanol–water partition coefficient (Wildman–Crippen LogP) is 3.54. The average molecular weight is 438 g/mol. The standard InChI is InChI=1S/2C7H5N.ClH.Pt/c2*8-6-7-4-2-1-3-5-7;;/h2*1-5H;1H;. The summed E-state index contributed by atoms with van der Waals surface area (Å²) in [5.74, 6) is 0. The van der Waals surface area contributed by atoms with Gasteiger partial charge in [-0.2, -0.15) is 10.5 Å². The van der Waals surface area contributed by atoms with Crippen molar-refractivity contribution in [2.75, 3.05) is 0 Å². The molecule has 0 saturated carbocycles. The zero-order valence-corrected chi connectivity index (χ0v) is 12.5. The molecule has 0 N–H and O–H groups in total. The summed E-state index contributed by atoms with van der Waals surface area (Å²) >= 11 is 0. The van der Waals surface area contributed by atoms with Gasteiger partial charge in [0, 0.05) is 21.1 Å². The molecule has 18 heavy (non-hydrogen) atoms. The maximum Gasteiger partial charge on any atom is 0.0991 e. The molecule has 0 aliphatic carbocycles. The van der Waals surface area contributed by atoms with Gasteiger partial charge in [-0.05, 0) is 24.3 Å². The molecule has 0 amide bonds. The van der Waals surface area contributed by atoms with Gasteiger partial charge in [-0.3, -0.25) is 0 Å². The van der Waals surface area contributed by atoms with Crippen LogP contribution in [0.15, 0.2) is 60.7 Å². The Kier molecular flexibility index (Phi) is 12.4. The third kappa shape index (κ3) is 7.64. The molecule has 2 aromatic rings. The van der Waals surface area contributed by atoms with Gasteiger partial charge in [-0.1, -0.05) is 36.4 Å². The minimum absolute atomic E-state index is 0. The van der Waals surface area contributed by atoms with Crippen LogP contribution in [0.2, 0.25) is 0 Å². The Bertz CT molecular complexity index is 451. The van der Waals surface area contributed by atoms with E-state index in [9.17, 15) is 0 Å². The van der Waals surface area contributed by atoms with Crippen LogP contribution in [0, 0.1) is 22.7 Å². The van der Waals surface area contributed by atoms with Crippen molar-refractivity contribution >= 4 is 12.4 Å². The fraction of sp³-hybridized carbons (Fsp3) is 0. The fourth-order valence-electron chi connectivity index (χ4n) is 1.03. The summed E-state index contributed by atoms with van der Waals surface area (Å²) in [5, 5.41) is 16.6. The Morgan fingerprint density at radius 3 is 1.06 bits per heavy atom. The van der Waals surface area contributed by atoms with Crippen molar-refractivity contribution in [2.45, 2.75) is 0 Å². The first-order valence-electron chi connectivity index (χ1n) is 4.77. The summed E-state index contributed by atoms with van der Waals surface area (Å²) < 4.78 is 0. The Balaban J connectivity index is 0. The van der Waals surface area contributed by atoms with Gasteiger partial charge in [-0.25, -0.2) is 0 Å². The Morgan fingerprint density at radius 1 is 0.611 bits per heavy atom. The van der Waals surface area contributed by atoms with Crippen molar-refractivity contribution in [1.82, 2.24) is 0 Å². The van der Waals surface area contributed by atoms with Crippen LogP contribution in [0.4, 0.5) is 0 Å². The average Bonchev–Trinajstić information content (AvgIpc) is 2.41. The zero-order valence-electron chi connectivity index (χ0n) is 9.39. The quantitative estimate of drug-likeness (QED) is 0.633. The third-order valence-corrected chi connectivity index (χ3v) is 1.81. The van der Waals surface area contributed by atoms with Crippen LogP contribution in [-0.2, 0) is 21.1 Å². The molecule has 0 radical (unpaired) electrons. The number of rotatable bonds is 0. The summed E-state index contributed by atoms with van der Waals surface area (Å²) in [6, 6.07) is 22.3. The summed E-state index contributed by atoms with van der Waals surface area (Å²) in [5.41, 5.74) is 1.43. The van der Waals surface area contributed by atoms with Crippen molar-refractivity contribution in [2.24, 2.45) is 0 Å². The first kappa shape index (κ1) is 18.8. The molecule has 4 heteroatoms. The van der Waals surface area contributed by atoms with Gasteiger partial charge in [0.25, 0.3) is 0 Å². The van der Waals surface area contributed by atoms with Gasteiger partial charge >= 0.3 is 0 Å². The molecule has 2 aromatic carbocycles. The van der Waals surface area contributed by atoms with Crippen LogP contribution in [0.25, 0.3) is 0 Å². The fourth-order valence-corrected chi connectivity index (χ4v) is 1.03. The smallest absolute Gasteiger partial charge is 0.0991 e. The topological polar surface area (TPSA) is 47.6 Å². The maximum absolute atomic E-state index is 8.29. The Morgan fingerprint density at radius 2 is 0.889 bits per heavy atom.